The maximum atomic E-state index is 10.2. The van der Waals surface area contributed by atoms with Crippen molar-refractivity contribution in [3.8, 4) is 0 Å². The highest BCUT2D eigenvalue weighted by molar-refractivity contribution is 5.49. The third kappa shape index (κ3) is 5.77. The van der Waals surface area contributed by atoms with Crippen molar-refractivity contribution in [2.45, 2.75) is 58.3 Å². The Bertz CT molecular complexity index is 134. The van der Waals surface area contributed by atoms with Gasteiger partial charge >= 0.3 is 0 Å². The fourth-order valence-electron chi connectivity index (χ4n) is 1.20. The third-order valence-electron chi connectivity index (χ3n) is 1.86. The summed E-state index contributed by atoms with van der Waals surface area (Å²) in [5, 5.41) is 9.55. The zero-order valence-corrected chi connectivity index (χ0v) is 8.69. The van der Waals surface area contributed by atoms with E-state index in [0.29, 0.717) is 19.3 Å². The number of carbonyl (C=O) groups excluding carboxylic acids is 1. The summed E-state index contributed by atoms with van der Waals surface area (Å²) in [5.41, 5.74) is 0. The first kappa shape index (κ1) is 12.6. The van der Waals surface area contributed by atoms with E-state index in [4.69, 9.17) is 4.74 Å². The van der Waals surface area contributed by atoms with E-state index in [2.05, 4.69) is 0 Å². The van der Waals surface area contributed by atoms with Crippen molar-refractivity contribution in [2.24, 2.45) is 0 Å². The van der Waals surface area contributed by atoms with Gasteiger partial charge in [-0.1, -0.05) is 6.92 Å². The Morgan fingerprint density at radius 2 is 2.08 bits per heavy atom. The third-order valence-corrected chi connectivity index (χ3v) is 1.86. The number of aldehydes is 1. The number of hydrogen-bond donors (Lipinski definition) is 1. The van der Waals surface area contributed by atoms with Gasteiger partial charge in [0.2, 0.25) is 0 Å². The van der Waals surface area contributed by atoms with Gasteiger partial charge in [-0.3, -0.25) is 0 Å². The van der Waals surface area contributed by atoms with Crippen LogP contribution in [0.3, 0.4) is 0 Å². The summed E-state index contributed by atoms with van der Waals surface area (Å²) in [5.74, 6) is 0. The average Bonchev–Trinajstić information content (AvgIpc) is 2.10. The number of hydrogen-bond acceptors (Lipinski definition) is 3. The molecule has 0 amide bonds. The second kappa shape index (κ2) is 7.04. The molecule has 0 fully saturated rings. The van der Waals surface area contributed by atoms with E-state index in [9.17, 15) is 9.90 Å². The van der Waals surface area contributed by atoms with Crippen LogP contribution in [0.5, 0.6) is 0 Å². The minimum atomic E-state index is -0.456. The summed E-state index contributed by atoms with van der Waals surface area (Å²) < 4.78 is 5.50. The number of aliphatic hydroxyl groups is 1. The second-order valence-electron chi connectivity index (χ2n) is 3.44. The largest absolute Gasteiger partial charge is 0.390 e. The maximum Gasteiger partial charge on any atom is 0.120 e. The van der Waals surface area contributed by atoms with E-state index in [1.165, 1.54) is 0 Å². The summed E-state index contributed by atoms with van der Waals surface area (Å²) in [6.45, 7) is 5.76. The van der Waals surface area contributed by atoms with Crippen LogP contribution in [0.25, 0.3) is 0 Å². The Labute approximate surface area is 80.1 Å². The SMILES string of the molecule is CCC(O)C(CCC=O)OC(C)C. The van der Waals surface area contributed by atoms with Crippen LogP contribution < -0.4 is 0 Å². The highest BCUT2D eigenvalue weighted by Crippen LogP contribution is 2.11. The first-order valence-corrected chi connectivity index (χ1v) is 4.89. The van der Waals surface area contributed by atoms with Gasteiger partial charge in [0.25, 0.3) is 0 Å². The fraction of sp³-hybridized carbons (Fsp3) is 0.900. The van der Waals surface area contributed by atoms with Gasteiger partial charge in [0.15, 0.2) is 0 Å². The minimum absolute atomic E-state index is 0.0952. The smallest absolute Gasteiger partial charge is 0.120 e. The van der Waals surface area contributed by atoms with Crippen LogP contribution >= 0.6 is 0 Å². The predicted molar refractivity (Wildman–Crippen MR) is 51.6 cm³/mol. The summed E-state index contributed by atoms with van der Waals surface area (Å²) in [6, 6.07) is 0. The molecule has 0 saturated heterocycles. The van der Waals surface area contributed by atoms with E-state index in [1.807, 2.05) is 20.8 Å². The number of rotatable bonds is 7. The van der Waals surface area contributed by atoms with E-state index in [-0.39, 0.29) is 12.2 Å². The molecule has 0 bridgehead atoms. The van der Waals surface area contributed by atoms with E-state index < -0.39 is 6.10 Å². The molecule has 0 aromatic heterocycles. The Balaban J connectivity index is 3.93. The number of ether oxygens (including phenoxy) is 1. The van der Waals surface area contributed by atoms with Gasteiger partial charge in [-0.05, 0) is 26.7 Å². The molecule has 0 aliphatic carbocycles. The normalized spacial score (nSPS) is 15.8. The maximum absolute atomic E-state index is 10.2. The van der Waals surface area contributed by atoms with Crippen molar-refractivity contribution in [1.82, 2.24) is 0 Å². The summed E-state index contributed by atoms with van der Waals surface area (Å²) in [7, 11) is 0. The van der Waals surface area contributed by atoms with Crippen molar-refractivity contribution in [1.29, 1.82) is 0 Å². The molecule has 3 nitrogen and oxygen atoms in total. The van der Waals surface area contributed by atoms with Crippen molar-refractivity contribution >= 4 is 6.29 Å². The standard InChI is InChI=1S/C10H20O3/c1-4-9(12)10(6-5-7-11)13-8(2)3/h7-10,12H,4-6H2,1-3H3. The quantitative estimate of drug-likeness (QED) is 0.616. The topological polar surface area (TPSA) is 46.5 Å². The van der Waals surface area contributed by atoms with Crippen LogP contribution in [0.15, 0.2) is 0 Å². The van der Waals surface area contributed by atoms with E-state index in [1.54, 1.807) is 0 Å². The molecule has 0 radical (unpaired) electrons. The van der Waals surface area contributed by atoms with Gasteiger partial charge < -0.3 is 14.6 Å². The van der Waals surface area contributed by atoms with Crippen molar-refractivity contribution in [3.05, 3.63) is 0 Å². The Hall–Kier alpha value is -0.410. The lowest BCUT2D eigenvalue weighted by molar-refractivity contribution is -0.110. The Morgan fingerprint density at radius 3 is 2.46 bits per heavy atom. The molecule has 78 valence electrons. The van der Waals surface area contributed by atoms with Gasteiger partial charge in [0.1, 0.15) is 6.29 Å². The van der Waals surface area contributed by atoms with Crippen LogP contribution in [0, 0.1) is 0 Å². The highest BCUT2D eigenvalue weighted by Gasteiger charge is 2.18. The van der Waals surface area contributed by atoms with Crippen LogP contribution in [0.4, 0.5) is 0 Å². The lowest BCUT2D eigenvalue weighted by atomic mass is 10.1. The monoisotopic (exact) mass is 188 g/mol. The Kier molecular flexibility index (Phi) is 6.82. The number of aliphatic hydroxyl groups excluding tert-OH is 1. The molecule has 0 aromatic rings. The Morgan fingerprint density at radius 1 is 1.46 bits per heavy atom. The average molecular weight is 188 g/mol. The molecule has 0 aliphatic rings. The van der Waals surface area contributed by atoms with Crippen LogP contribution in [-0.4, -0.2) is 29.7 Å². The minimum Gasteiger partial charge on any atom is -0.390 e. The lowest BCUT2D eigenvalue weighted by Gasteiger charge is -2.23. The fourth-order valence-corrected chi connectivity index (χ4v) is 1.20. The van der Waals surface area contributed by atoms with Crippen molar-refractivity contribution in [3.63, 3.8) is 0 Å². The zero-order valence-electron chi connectivity index (χ0n) is 8.69. The van der Waals surface area contributed by atoms with Gasteiger partial charge in [-0.2, -0.15) is 0 Å². The second-order valence-corrected chi connectivity index (χ2v) is 3.44. The molecule has 0 aromatic carbocycles. The van der Waals surface area contributed by atoms with Gasteiger partial charge in [0, 0.05) is 6.42 Å². The van der Waals surface area contributed by atoms with Crippen molar-refractivity contribution < 1.29 is 14.6 Å². The summed E-state index contributed by atoms with van der Waals surface area (Å²) in [6.07, 6.45) is 2.02. The van der Waals surface area contributed by atoms with Gasteiger partial charge in [-0.15, -0.1) is 0 Å². The lowest BCUT2D eigenvalue weighted by Crippen LogP contribution is -2.31. The van der Waals surface area contributed by atoms with E-state index >= 15 is 0 Å². The molecule has 2 atom stereocenters. The molecule has 13 heavy (non-hydrogen) atoms. The number of carbonyl (C=O) groups is 1. The van der Waals surface area contributed by atoms with Gasteiger partial charge in [0.05, 0.1) is 18.3 Å². The molecule has 0 rings (SSSR count). The molecule has 0 aliphatic heterocycles. The molecule has 1 N–H and O–H groups in total. The molecule has 0 heterocycles. The predicted octanol–water partition coefficient (Wildman–Crippen LogP) is 1.53. The molecular formula is C10H20O3. The molecule has 0 saturated carbocycles. The van der Waals surface area contributed by atoms with Crippen LogP contribution in [0.2, 0.25) is 0 Å². The molecule has 2 unspecified atom stereocenters. The molecular weight excluding hydrogens is 168 g/mol. The summed E-state index contributed by atoms with van der Waals surface area (Å²) in [4.78, 5) is 10.2. The molecule has 3 heteroatoms. The zero-order chi connectivity index (χ0) is 10.3. The van der Waals surface area contributed by atoms with Gasteiger partial charge in [-0.25, -0.2) is 0 Å². The highest BCUT2D eigenvalue weighted by atomic mass is 16.5. The van der Waals surface area contributed by atoms with Crippen LogP contribution in [0.1, 0.15) is 40.0 Å². The first-order valence-electron chi connectivity index (χ1n) is 4.89. The molecule has 0 spiro atoms. The van der Waals surface area contributed by atoms with Crippen LogP contribution in [-0.2, 0) is 9.53 Å². The first-order chi connectivity index (χ1) is 6.11. The van der Waals surface area contributed by atoms with Crippen molar-refractivity contribution in [2.75, 3.05) is 0 Å². The van der Waals surface area contributed by atoms with E-state index in [0.717, 1.165) is 6.29 Å². The summed E-state index contributed by atoms with van der Waals surface area (Å²) >= 11 is 0.